The lowest BCUT2D eigenvalue weighted by Gasteiger charge is -2.15. The van der Waals surface area contributed by atoms with Gasteiger partial charge in [-0.25, -0.2) is 9.78 Å². The van der Waals surface area contributed by atoms with E-state index in [9.17, 15) is 9.59 Å². The molecule has 3 N–H and O–H groups in total. The summed E-state index contributed by atoms with van der Waals surface area (Å²) < 4.78 is 4.82. The number of amides is 1. The first-order valence-electron chi connectivity index (χ1n) is 5.77. The van der Waals surface area contributed by atoms with E-state index in [1.807, 2.05) is 0 Å². The van der Waals surface area contributed by atoms with Crippen LogP contribution in [0.5, 0.6) is 0 Å². The molecule has 1 aromatic rings. The van der Waals surface area contributed by atoms with E-state index >= 15 is 0 Å². The van der Waals surface area contributed by atoms with Crippen molar-refractivity contribution in [1.82, 2.24) is 10.3 Å². The highest BCUT2D eigenvalue weighted by molar-refractivity contribution is 5.87. The fraction of sp³-hybridized carbons (Fsp3) is 0.417. The third-order valence-corrected chi connectivity index (χ3v) is 2.36. The van der Waals surface area contributed by atoms with E-state index in [0.29, 0.717) is 18.8 Å². The number of hydrogen-bond donors (Lipinski definition) is 3. The fourth-order valence-corrected chi connectivity index (χ4v) is 1.38. The van der Waals surface area contributed by atoms with Gasteiger partial charge < -0.3 is 20.5 Å². The van der Waals surface area contributed by atoms with Gasteiger partial charge in [0.2, 0.25) is 5.91 Å². The number of nitrogens with one attached hydrogen (secondary N) is 2. The predicted octanol–water partition coefficient (Wildman–Crippen LogP) is 0.343. The quantitative estimate of drug-likeness (QED) is 0.616. The van der Waals surface area contributed by atoms with Gasteiger partial charge in [0.1, 0.15) is 11.7 Å². The second kappa shape index (κ2) is 7.32. The van der Waals surface area contributed by atoms with Gasteiger partial charge in [-0.05, 0) is 19.1 Å². The average molecular weight is 267 g/mol. The molecule has 1 heterocycles. The van der Waals surface area contributed by atoms with E-state index in [1.165, 1.54) is 12.3 Å². The van der Waals surface area contributed by atoms with Crippen molar-refractivity contribution in [2.45, 2.75) is 13.0 Å². The Labute approximate surface area is 111 Å². The molecular formula is C12H17N3O4. The minimum atomic E-state index is -1.11. The number of carbonyl (C=O) groups excluding carboxylic acids is 1. The first-order chi connectivity index (χ1) is 9.04. The number of pyridine rings is 1. The molecule has 0 bridgehead atoms. The molecule has 0 saturated heterocycles. The second-order valence-electron chi connectivity index (χ2n) is 3.88. The number of methoxy groups -OCH3 is 1. The molecule has 0 aliphatic heterocycles. The Hall–Kier alpha value is -2.15. The topological polar surface area (TPSA) is 101 Å². The lowest BCUT2D eigenvalue weighted by atomic mass is 10.2. The number of carboxylic acid groups (broad SMARTS) is 1. The van der Waals surface area contributed by atoms with E-state index in [0.717, 1.165) is 0 Å². The fourth-order valence-electron chi connectivity index (χ4n) is 1.38. The predicted molar refractivity (Wildman–Crippen MR) is 69.2 cm³/mol. The van der Waals surface area contributed by atoms with Crippen molar-refractivity contribution in [2.75, 3.05) is 25.6 Å². The normalized spacial score (nSPS) is 11.7. The van der Waals surface area contributed by atoms with E-state index in [-0.39, 0.29) is 11.6 Å². The number of hydrogen-bond acceptors (Lipinski definition) is 5. The zero-order valence-electron chi connectivity index (χ0n) is 10.8. The van der Waals surface area contributed by atoms with Crippen LogP contribution >= 0.6 is 0 Å². The van der Waals surface area contributed by atoms with Crippen LogP contribution in [0, 0.1) is 0 Å². The highest BCUT2D eigenvalue weighted by atomic mass is 16.5. The molecule has 104 valence electrons. The van der Waals surface area contributed by atoms with Gasteiger partial charge in [0.25, 0.3) is 0 Å². The van der Waals surface area contributed by atoms with Crippen molar-refractivity contribution < 1.29 is 19.4 Å². The Morgan fingerprint density at radius 1 is 1.53 bits per heavy atom. The summed E-state index contributed by atoms with van der Waals surface area (Å²) in [5, 5.41) is 14.4. The molecule has 0 spiro atoms. The summed E-state index contributed by atoms with van der Waals surface area (Å²) in [5.41, 5.74) is 0.457. The van der Waals surface area contributed by atoms with Gasteiger partial charge in [-0.3, -0.25) is 4.79 Å². The molecule has 7 nitrogen and oxygen atoms in total. The third-order valence-electron chi connectivity index (χ3n) is 2.36. The lowest BCUT2D eigenvalue weighted by molar-refractivity contribution is -0.121. The van der Waals surface area contributed by atoms with Crippen LogP contribution in [-0.2, 0) is 9.53 Å². The molecule has 0 aromatic carbocycles. The van der Waals surface area contributed by atoms with Crippen LogP contribution in [0.2, 0.25) is 0 Å². The minimum Gasteiger partial charge on any atom is -0.477 e. The van der Waals surface area contributed by atoms with Gasteiger partial charge in [0.15, 0.2) is 0 Å². The number of aromatic carboxylic acids is 1. The summed E-state index contributed by atoms with van der Waals surface area (Å²) in [6, 6.07) is 2.49. The van der Waals surface area contributed by atoms with Crippen LogP contribution in [0.15, 0.2) is 18.3 Å². The highest BCUT2D eigenvalue weighted by Gasteiger charge is 2.13. The summed E-state index contributed by atoms with van der Waals surface area (Å²) >= 11 is 0. The smallest absolute Gasteiger partial charge is 0.354 e. The minimum absolute atomic E-state index is 0.0722. The van der Waals surface area contributed by atoms with Crippen molar-refractivity contribution in [3.63, 3.8) is 0 Å². The number of anilines is 1. The van der Waals surface area contributed by atoms with E-state index in [1.54, 1.807) is 20.1 Å². The van der Waals surface area contributed by atoms with Crippen LogP contribution in [0.1, 0.15) is 17.4 Å². The molecular weight excluding hydrogens is 250 g/mol. The number of carbonyl (C=O) groups is 2. The van der Waals surface area contributed by atoms with Crippen LogP contribution in [0.3, 0.4) is 0 Å². The SMILES string of the molecule is COCCNC(=O)C(C)Nc1ccnc(C(=O)O)c1. The summed E-state index contributed by atoms with van der Waals surface area (Å²) in [4.78, 5) is 26.1. The van der Waals surface area contributed by atoms with Crippen molar-refractivity contribution in [3.8, 4) is 0 Å². The van der Waals surface area contributed by atoms with Gasteiger partial charge in [-0.15, -0.1) is 0 Å². The van der Waals surface area contributed by atoms with Gasteiger partial charge in [0, 0.05) is 25.5 Å². The van der Waals surface area contributed by atoms with Crippen LogP contribution in [0.25, 0.3) is 0 Å². The van der Waals surface area contributed by atoms with E-state index in [2.05, 4.69) is 15.6 Å². The third kappa shape index (κ3) is 4.92. The zero-order chi connectivity index (χ0) is 14.3. The Kier molecular flexibility index (Phi) is 5.74. The van der Waals surface area contributed by atoms with Gasteiger partial charge in [-0.2, -0.15) is 0 Å². The number of ether oxygens (including phenoxy) is 1. The molecule has 0 aliphatic carbocycles. The monoisotopic (exact) mass is 267 g/mol. The molecule has 7 heteroatoms. The van der Waals surface area contributed by atoms with Gasteiger partial charge in [0.05, 0.1) is 6.61 Å². The second-order valence-corrected chi connectivity index (χ2v) is 3.88. The summed E-state index contributed by atoms with van der Waals surface area (Å²) in [5.74, 6) is -1.30. The molecule has 1 rings (SSSR count). The van der Waals surface area contributed by atoms with Crippen LogP contribution in [0.4, 0.5) is 5.69 Å². The van der Waals surface area contributed by atoms with Crippen molar-refractivity contribution in [1.29, 1.82) is 0 Å². The van der Waals surface area contributed by atoms with Crippen molar-refractivity contribution in [2.24, 2.45) is 0 Å². The Bertz CT molecular complexity index is 450. The molecule has 1 unspecified atom stereocenters. The molecule has 19 heavy (non-hydrogen) atoms. The van der Waals surface area contributed by atoms with Gasteiger partial charge in [-0.1, -0.05) is 0 Å². The Morgan fingerprint density at radius 3 is 2.89 bits per heavy atom. The van der Waals surface area contributed by atoms with Crippen LogP contribution in [-0.4, -0.2) is 48.3 Å². The summed E-state index contributed by atoms with van der Waals surface area (Å²) in [7, 11) is 1.55. The maximum Gasteiger partial charge on any atom is 0.354 e. The Morgan fingerprint density at radius 2 is 2.26 bits per heavy atom. The highest BCUT2D eigenvalue weighted by Crippen LogP contribution is 2.09. The molecule has 1 aromatic heterocycles. The molecule has 1 atom stereocenters. The van der Waals surface area contributed by atoms with E-state index in [4.69, 9.17) is 9.84 Å². The lowest BCUT2D eigenvalue weighted by Crippen LogP contribution is -2.39. The van der Waals surface area contributed by atoms with Crippen LogP contribution < -0.4 is 10.6 Å². The first-order valence-corrected chi connectivity index (χ1v) is 5.77. The standard InChI is InChI=1S/C12H17N3O4/c1-8(11(16)14-5-6-19-2)15-9-3-4-13-10(7-9)12(17)18/h3-4,7-8H,5-6H2,1-2H3,(H,13,15)(H,14,16)(H,17,18). The zero-order valence-corrected chi connectivity index (χ0v) is 10.8. The van der Waals surface area contributed by atoms with E-state index < -0.39 is 12.0 Å². The maximum absolute atomic E-state index is 11.7. The molecule has 0 aliphatic rings. The average Bonchev–Trinajstić information content (AvgIpc) is 2.39. The molecule has 0 radical (unpaired) electrons. The molecule has 1 amide bonds. The largest absolute Gasteiger partial charge is 0.477 e. The van der Waals surface area contributed by atoms with Gasteiger partial charge >= 0.3 is 5.97 Å². The molecule has 0 saturated carbocycles. The number of aromatic nitrogens is 1. The first kappa shape index (κ1) is 14.9. The Balaban J connectivity index is 2.56. The molecule has 0 fully saturated rings. The number of nitrogens with zero attached hydrogens (tertiary/aromatic N) is 1. The summed E-state index contributed by atoms with van der Waals surface area (Å²) in [6.45, 7) is 2.55. The number of carboxylic acids is 1. The van der Waals surface area contributed by atoms with Crippen molar-refractivity contribution >= 4 is 17.6 Å². The maximum atomic E-state index is 11.7. The summed E-state index contributed by atoms with van der Waals surface area (Å²) in [6.07, 6.45) is 1.38. The van der Waals surface area contributed by atoms with Crippen molar-refractivity contribution in [3.05, 3.63) is 24.0 Å². The number of rotatable bonds is 7.